The van der Waals surface area contributed by atoms with Gasteiger partial charge in [0.25, 0.3) is 0 Å². The second kappa shape index (κ2) is 4.45. The third-order valence-corrected chi connectivity index (χ3v) is 2.62. The van der Waals surface area contributed by atoms with Crippen molar-refractivity contribution in [3.8, 4) is 0 Å². The first-order valence-corrected chi connectivity index (χ1v) is 5.31. The molecule has 0 heterocycles. The van der Waals surface area contributed by atoms with Gasteiger partial charge >= 0.3 is 5.97 Å². The Kier molecular flexibility index (Phi) is 3.02. The van der Waals surface area contributed by atoms with Gasteiger partial charge in [0.15, 0.2) is 0 Å². The summed E-state index contributed by atoms with van der Waals surface area (Å²) in [5.41, 5.74) is 1.54. The fraction of sp³-hybridized carbons (Fsp3) is 0.417. The lowest BCUT2D eigenvalue weighted by molar-refractivity contribution is 0.0697. The molecule has 0 spiro atoms. The van der Waals surface area contributed by atoms with Crippen LogP contribution in [0, 0.1) is 0 Å². The Morgan fingerprint density at radius 1 is 1.33 bits per heavy atom. The highest BCUT2D eigenvalue weighted by Crippen LogP contribution is 2.18. The van der Waals surface area contributed by atoms with Gasteiger partial charge in [0, 0.05) is 6.04 Å². The van der Waals surface area contributed by atoms with Crippen LogP contribution in [0.15, 0.2) is 24.3 Å². The summed E-state index contributed by atoms with van der Waals surface area (Å²) in [6.45, 7) is 0.983. The monoisotopic (exact) mass is 205 g/mol. The zero-order valence-electron chi connectivity index (χ0n) is 8.57. The van der Waals surface area contributed by atoms with Crippen LogP contribution >= 0.6 is 0 Å². The molecule has 0 bridgehead atoms. The lowest BCUT2D eigenvalue weighted by Crippen LogP contribution is -2.19. The lowest BCUT2D eigenvalue weighted by atomic mass is 10.1. The van der Waals surface area contributed by atoms with Crippen LogP contribution in [0.25, 0.3) is 0 Å². The quantitative estimate of drug-likeness (QED) is 0.769. The highest BCUT2D eigenvalue weighted by atomic mass is 16.4. The summed E-state index contributed by atoms with van der Waals surface area (Å²) in [7, 11) is 0. The lowest BCUT2D eigenvalue weighted by Gasteiger charge is -2.03. The maximum absolute atomic E-state index is 10.6. The molecule has 1 saturated carbocycles. The molecule has 1 fully saturated rings. The highest BCUT2D eigenvalue weighted by Gasteiger charge is 2.19. The van der Waals surface area contributed by atoms with Crippen LogP contribution in [-0.2, 0) is 6.42 Å². The van der Waals surface area contributed by atoms with E-state index in [9.17, 15) is 4.79 Å². The van der Waals surface area contributed by atoms with Crippen LogP contribution in [0.3, 0.4) is 0 Å². The van der Waals surface area contributed by atoms with Gasteiger partial charge in [-0.25, -0.2) is 4.79 Å². The van der Waals surface area contributed by atoms with Crippen LogP contribution < -0.4 is 5.32 Å². The van der Waals surface area contributed by atoms with Gasteiger partial charge in [0.2, 0.25) is 0 Å². The fourth-order valence-corrected chi connectivity index (χ4v) is 1.52. The van der Waals surface area contributed by atoms with E-state index in [-0.39, 0.29) is 0 Å². The van der Waals surface area contributed by atoms with E-state index in [1.807, 2.05) is 12.1 Å². The number of carbonyl (C=O) groups is 1. The molecular formula is C12H15NO2. The Bertz CT molecular complexity index is 341. The number of rotatable bonds is 5. The molecule has 0 aromatic heterocycles. The van der Waals surface area contributed by atoms with E-state index in [1.54, 1.807) is 12.1 Å². The van der Waals surface area contributed by atoms with Gasteiger partial charge in [0.1, 0.15) is 0 Å². The normalized spacial score (nSPS) is 15.2. The van der Waals surface area contributed by atoms with E-state index in [0.29, 0.717) is 5.56 Å². The molecule has 3 nitrogen and oxygen atoms in total. The third kappa shape index (κ3) is 3.06. The van der Waals surface area contributed by atoms with E-state index in [2.05, 4.69) is 5.32 Å². The van der Waals surface area contributed by atoms with Crippen LogP contribution in [0.2, 0.25) is 0 Å². The second-order valence-electron chi connectivity index (χ2n) is 3.98. The molecule has 15 heavy (non-hydrogen) atoms. The van der Waals surface area contributed by atoms with Crippen molar-refractivity contribution in [2.45, 2.75) is 25.3 Å². The average molecular weight is 205 g/mol. The number of hydrogen-bond donors (Lipinski definition) is 2. The third-order valence-electron chi connectivity index (χ3n) is 2.62. The Labute approximate surface area is 89.1 Å². The van der Waals surface area contributed by atoms with Crippen LogP contribution in [0.5, 0.6) is 0 Å². The van der Waals surface area contributed by atoms with Crippen molar-refractivity contribution < 1.29 is 9.90 Å². The standard InChI is InChI=1S/C12H15NO2/c14-12(15)10-3-1-9(2-4-10)7-8-13-11-5-6-11/h1-4,11,13H,5-8H2,(H,14,15). The molecule has 2 N–H and O–H groups in total. The van der Waals surface area contributed by atoms with Crippen molar-refractivity contribution in [2.75, 3.05) is 6.54 Å². The summed E-state index contributed by atoms with van der Waals surface area (Å²) in [5.74, 6) is -0.863. The van der Waals surface area contributed by atoms with Gasteiger partial charge in [-0.3, -0.25) is 0 Å². The van der Waals surface area contributed by atoms with E-state index in [0.717, 1.165) is 19.0 Å². The molecule has 0 amide bonds. The predicted octanol–water partition coefficient (Wildman–Crippen LogP) is 1.68. The SMILES string of the molecule is O=C(O)c1ccc(CCNC2CC2)cc1. The summed E-state index contributed by atoms with van der Waals surface area (Å²) in [6, 6.07) is 7.84. The molecule has 0 saturated heterocycles. The second-order valence-corrected chi connectivity index (χ2v) is 3.98. The molecular weight excluding hydrogens is 190 g/mol. The van der Waals surface area contributed by atoms with Gasteiger partial charge in [-0.15, -0.1) is 0 Å². The van der Waals surface area contributed by atoms with Gasteiger partial charge in [-0.05, 0) is 43.5 Å². The van der Waals surface area contributed by atoms with Crippen LogP contribution in [0.4, 0.5) is 0 Å². The fourth-order valence-electron chi connectivity index (χ4n) is 1.52. The van der Waals surface area contributed by atoms with Gasteiger partial charge in [-0.2, -0.15) is 0 Å². The van der Waals surface area contributed by atoms with Crippen LogP contribution in [-0.4, -0.2) is 23.7 Å². The molecule has 0 unspecified atom stereocenters. The van der Waals surface area contributed by atoms with Crippen molar-refractivity contribution in [1.29, 1.82) is 0 Å². The maximum Gasteiger partial charge on any atom is 0.335 e. The zero-order valence-corrected chi connectivity index (χ0v) is 8.57. The van der Waals surface area contributed by atoms with Crippen molar-refractivity contribution in [1.82, 2.24) is 5.32 Å². The van der Waals surface area contributed by atoms with Crippen molar-refractivity contribution in [2.24, 2.45) is 0 Å². The number of aromatic carboxylic acids is 1. The smallest absolute Gasteiger partial charge is 0.335 e. The Morgan fingerprint density at radius 2 is 2.00 bits per heavy atom. The first-order chi connectivity index (χ1) is 7.25. The number of benzene rings is 1. The summed E-state index contributed by atoms with van der Waals surface area (Å²) in [5, 5.41) is 12.1. The van der Waals surface area contributed by atoms with Crippen molar-refractivity contribution in [3.63, 3.8) is 0 Å². The minimum atomic E-state index is -0.863. The zero-order chi connectivity index (χ0) is 10.7. The summed E-state index contributed by atoms with van der Waals surface area (Å²) >= 11 is 0. The Hall–Kier alpha value is -1.35. The molecule has 80 valence electrons. The molecule has 2 rings (SSSR count). The molecule has 1 aromatic carbocycles. The Balaban J connectivity index is 1.83. The average Bonchev–Trinajstić information content (AvgIpc) is 3.02. The number of nitrogens with one attached hydrogen (secondary N) is 1. The van der Waals surface area contributed by atoms with E-state index >= 15 is 0 Å². The summed E-state index contributed by atoms with van der Waals surface area (Å²) in [4.78, 5) is 10.6. The summed E-state index contributed by atoms with van der Waals surface area (Å²) < 4.78 is 0. The number of carboxylic acid groups (broad SMARTS) is 1. The molecule has 3 heteroatoms. The molecule has 1 aromatic rings. The number of carboxylic acids is 1. The van der Waals surface area contributed by atoms with E-state index in [4.69, 9.17) is 5.11 Å². The van der Waals surface area contributed by atoms with E-state index in [1.165, 1.54) is 18.4 Å². The number of hydrogen-bond acceptors (Lipinski definition) is 2. The maximum atomic E-state index is 10.6. The van der Waals surface area contributed by atoms with Gasteiger partial charge in [0.05, 0.1) is 5.56 Å². The molecule has 1 aliphatic carbocycles. The Morgan fingerprint density at radius 3 is 2.53 bits per heavy atom. The molecule has 1 aliphatic rings. The van der Waals surface area contributed by atoms with E-state index < -0.39 is 5.97 Å². The topological polar surface area (TPSA) is 49.3 Å². The minimum absolute atomic E-state index is 0.355. The van der Waals surface area contributed by atoms with Gasteiger partial charge in [-0.1, -0.05) is 12.1 Å². The first kappa shape index (κ1) is 10.2. The predicted molar refractivity (Wildman–Crippen MR) is 58.1 cm³/mol. The molecule has 0 aliphatic heterocycles. The molecule has 0 atom stereocenters. The summed E-state index contributed by atoms with van der Waals surface area (Å²) in [6.07, 6.45) is 3.58. The van der Waals surface area contributed by atoms with Gasteiger partial charge < -0.3 is 10.4 Å². The van der Waals surface area contributed by atoms with Crippen LogP contribution in [0.1, 0.15) is 28.8 Å². The minimum Gasteiger partial charge on any atom is -0.478 e. The molecule has 0 radical (unpaired) electrons. The highest BCUT2D eigenvalue weighted by molar-refractivity contribution is 5.87. The van der Waals surface area contributed by atoms with Crippen molar-refractivity contribution in [3.05, 3.63) is 35.4 Å². The van der Waals surface area contributed by atoms with Crippen molar-refractivity contribution >= 4 is 5.97 Å². The first-order valence-electron chi connectivity index (χ1n) is 5.31. The largest absolute Gasteiger partial charge is 0.478 e.